The standard InChI is InChI=1S/C13H17F3O3S/c1-4-12(17,13(14,15)16)10-5-7-11(8-6-10)20(18,19)9(2)3/h5-9,17H,4H2,1-3H3. The number of hydrogen-bond acceptors (Lipinski definition) is 3. The van der Waals surface area contributed by atoms with E-state index in [1.807, 2.05) is 0 Å². The first kappa shape index (κ1) is 17.0. The molecule has 1 N–H and O–H groups in total. The van der Waals surface area contributed by atoms with Gasteiger partial charge in [-0.15, -0.1) is 0 Å². The van der Waals surface area contributed by atoms with Gasteiger partial charge in [-0.05, 0) is 38.0 Å². The molecule has 0 aliphatic carbocycles. The number of benzene rings is 1. The van der Waals surface area contributed by atoms with Gasteiger partial charge in [0.05, 0.1) is 10.1 Å². The van der Waals surface area contributed by atoms with Gasteiger partial charge in [0.2, 0.25) is 0 Å². The monoisotopic (exact) mass is 310 g/mol. The Morgan fingerprint density at radius 2 is 1.60 bits per heavy atom. The third-order valence-electron chi connectivity index (χ3n) is 3.26. The fourth-order valence-corrected chi connectivity index (χ4v) is 2.82. The maximum atomic E-state index is 12.9. The summed E-state index contributed by atoms with van der Waals surface area (Å²) in [7, 11) is -3.54. The quantitative estimate of drug-likeness (QED) is 0.930. The van der Waals surface area contributed by atoms with Crippen molar-refractivity contribution in [3.63, 3.8) is 0 Å². The van der Waals surface area contributed by atoms with E-state index in [1.165, 1.54) is 20.8 Å². The molecule has 1 atom stereocenters. The highest BCUT2D eigenvalue weighted by molar-refractivity contribution is 7.92. The molecule has 1 aromatic rings. The van der Waals surface area contributed by atoms with E-state index in [0.29, 0.717) is 0 Å². The summed E-state index contributed by atoms with van der Waals surface area (Å²) in [6.45, 7) is 4.19. The zero-order valence-electron chi connectivity index (χ0n) is 11.4. The summed E-state index contributed by atoms with van der Waals surface area (Å²) in [6.07, 6.45) is -5.37. The van der Waals surface area contributed by atoms with Crippen molar-refractivity contribution >= 4 is 9.84 Å². The van der Waals surface area contributed by atoms with Crippen LogP contribution < -0.4 is 0 Å². The number of rotatable bonds is 4. The van der Waals surface area contributed by atoms with Gasteiger partial charge in [-0.2, -0.15) is 13.2 Å². The van der Waals surface area contributed by atoms with Gasteiger partial charge < -0.3 is 5.11 Å². The van der Waals surface area contributed by atoms with Crippen LogP contribution in [0.1, 0.15) is 32.8 Å². The molecule has 114 valence electrons. The molecular formula is C13H17F3O3S. The molecule has 3 nitrogen and oxygen atoms in total. The van der Waals surface area contributed by atoms with Crippen LogP contribution in [0.5, 0.6) is 0 Å². The van der Waals surface area contributed by atoms with Crippen molar-refractivity contribution in [1.29, 1.82) is 0 Å². The summed E-state index contributed by atoms with van der Waals surface area (Å²) in [4.78, 5) is -0.0584. The molecule has 0 saturated carbocycles. The van der Waals surface area contributed by atoms with Crippen LogP contribution in [0.2, 0.25) is 0 Å². The Kier molecular flexibility index (Phi) is 4.55. The number of halogens is 3. The van der Waals surface area contributed by atoms with Crippen molar-refractivity contribution < 1.29 is 26.7 Å². The molecule has 1 unspecified atom stereocenters. The molecule has 0 amide bonds. The molecule has 20 heavy (non-hydrogen) atoms. The number of alkyl halides is 3. The van der Waals surface area contributed by atoms with Crippen molar-refractivity contribution in [3.8, 4) is 0 Å². The highest BCUT2D eigenvalue weighted by Crippen LogP contribution is 2.41. The van der Waals surface area contributed by atoms with Gasteiger partial charge in [0.25, 0.3) is 0 Å². The Morgan fingerprint density at radius 1 is 1.15 bits per heavy atom. The summed E-state index contributed by atoms with van der Waals surface area (Å²) >= 11 is 0. The Morgan fingerprint density at radius 3 is 1.90 bits per heavy atom. The van der Waals surface area contributed by atoms with Crippen molar-refractivity contribution in [2.75, 3.05) is 0 Å². The van der Waals surface area contributed by atoms with E-state index >= 15 is 0 Å². The average molecular weight is 310 g/mol. The molecule has 7 heteroatoms. The number of hydrogen-bond donors (Lipinski definition) is 1. The lowest BCUT2D eigenvalue weighted by molar-refractivity contribution is -0.267. The second-order valence-electron chi connectivity index (χ2n) is 4.83. The summed E-state index contributed by atoms with van der Waals surface area (Å²) in [5.74, 6) is 0. The van der Waals surface area contributed by atoms with E-state index in [4.69, 9.17) is 0 Å². The number of sulfone groups is 1. The highest BCUT2D eigenvalue weighted by Gasteiger charge is 2.53. The lowest BCUT2D eigenvalue weighted by atomic mass is 9.90. The third-order valence-corrected chi connectivity index (χ3v) is 5.43. The molecule has 0 saturated heterocycles. The lowest BCUT2D eigenvalue weighted by Crippen LogP contribution is -2.41. The maximum Gasteiger partial charge on any atom is 0.421 e. The van der Waals surface area contributed by atoms with E-state index in [9.17, 15) is 26.7 Å². The Bertz CT molecular complexity index is 562. The molecular weight excluding hydrogens is 293 g/mol. The molecule has 0 heterocycles. The normalized spacial score (nSPS) is 16.2. The topological polar surface area (TPSA) is 54.4 Å². The van der Waals surface area contributed by atoms with Crippen LogP contribution in [-0.4, -0.2) is 25.0 Å². The maximum absolute atomic E-state index is 12.9. The van der Waals surface area contributed by atoms with Crippen molar-refractivity contribution in [1.82, 2.24) is 0 Å². The Balaban J connectivity index is 3.28. The predicted octanol–water partition coefficient (Wildman–Crippen LogP) is 3.03. The summed E-state index contributed by atoms with van der Waals surface area (Å²) in [5, 5.41) is 9.09. The zero-order chi connectivity index (χ0) is 15.8. The zero-order valence-corrected chi connectivity index (χ0v) is 12.2. The van der Waals surface area contributed by atoms with E-state index in [2.05, 4.69) is 0 Å². The van der Waals surface area contributed by atoms with Crippen molar-refractivity contribution in [2.24, 2.45) is 0 Å². The number of aliphatic hydroxyl groups is 1. The SMILES string of the molecule is CCC(O)(c1ccc(S(=O)(=O)C(C)C)cc1)C(F)(F)F. The minimum absolute atomic E-state index is 0.0584. The first-order valence-corrected chi connectivity index (χ1v) is 7.65. The van der Waals surface area contributed by atoms with Crippen molar-refractivity contribution in [2.45, 2.75) is 49.1 Å². The third kappa shape index (κ3) is 2.83. The van der Waals surface area contributed by atoms with Gasteiger partial charge in [0.15, 0.2) is 15.4 Å². The molecule has 0 aromatic heterocycles. The smallest absolute Gasteiger partial charge is 0.376 e. The van der Waals surface area contributed by atoms with Crippen LogP contribution in [0.4, 0.5) is 13.2 Å². The second-order valence-corrected chi connectivity index (χ2v) is 7.33. The molecule has 0 radical (unpaired) electrons. The molecule has 0 aliphatic rings. The van der Waals surface area contributed by atoms with Gasteiger partial charge in [0.1, 0.15) is 0 Å². The molecule has 0 fully saturated rings. The van der Waals surface area contributed by atoms with Gasteiger partial charge in [-0.25, -0.2) is 8.42 Å². The first-order chi connectivity index (χ1) is 8.96. The fraction of sp³-hybridized carbons (Fsp3) is 0.538. The van der Waals surface area contributed by atoms with Gasteiger partial charge >= 0.3 is 6.18 Å². The molecule has 1 rings (SSSR count). The van der Waals surface area contributed by atoms with Crippen molar-refractivity contribution in [3.05, 3.63) is 29.8 Å². The van der Waals surface area contributed by atoms with Gasteiger partial charge in [-0.3, -0.25) is 0 Å². The van der Waals surface area contributed by atoms with E-state index in [0.717, 1.165) is 24.3 Å². The van der Waals surface area contributed by atoms with Gasteiger partial charge in [0, 0.05) is 0 Å². The second kappa shape index (κ2) is 5.37. The summed E-state index contributed by atoms with van der Waals surface area (Å²) in [5.41, 5.74) is -3.33. The molecule has 0 aliphatic heterocycles. The lowest BCUT2D eigenvalue weighted by Gasteiger charge is -2.29. The Hall–Kier alpha value is -1.08. The Labute approximate surface area is 116 Å². The summed E-state index contributed by atoms with van der Waals surface area (Å²) in [6, 6.07) is 4.20. The van der Waals surface area contributed by atoms with Crippen LogP contribution in [-0.2, 0) is 15.4 Å². The van der Waals surface area contributed by atoms with E-state index < -0.39 is 33.3 Å². The molecule has 0 spiro atoms. The van der Waals surface area contributed by atoms with Crippen LogP contribution in [0.15, 0.2) is 29.2 Å². The minimum Gasteiger partial charge on any atom is -0.376 e. The van der Waals surface area contributed by atoms with E-state index in [1.54, 1.807) is 0 Å². The highest BCUT2D eigenvalue weighted by atomic mass is 32.2. The van der Waals surface area contributed by atoms with Crippen LogP contribution in [0, 0.1) is 0 Å². The van der Waals surface area contributed by atoms with Crippen LogP contribution in [0.25, 0.3) is 0 Å². The van der Waals surface area contributed by atoms with Gasteiger partial charge in [-0.1, -0.05) is 19.1 Å². The predicted molar refractivity (Wildman–Crippen MR) is 69.0 cm³/mol. The molecule has 1 aromatic carbocycles. The summed E-state index contributed by atoms with van der Waals surface area (Å²) < 4.78 is 62.4. The van der Waals surface area contributed by atoms with Crippen LogP contribution >= 0.6 is 0 Å². The fourth-order valence-electron chi connectivity index (χ4n) is 1.76. The minimum atomic E-state index is -4.82. The average Bonchev–Trinajstić information content (AvgIpc) is 2.36. The largest absolute Gasteiger partial charge is 0.421 e. The van der Waals surface area contributed by atoms with Crippen LogP contribution in [0.3, 0.4) is 0 Å². The van der Waals surface area contributed by atoms with E-state index in [-0.39, 0.29) is 10.5 Å². The molecule has 0 bridgehead atoms. The first-order valence-electron chi connectivity index (χ1n) is 6.10.